The zero-order valence-corrected chi connectivity index (χ0v) is 11.9. The van der Waals surface area contributed by atoms with Crippen molar-refractivity contribution in [3.8, 4) is 11.6 Å². The molecule has 1 amide bonds. The van der Waals surface area contributed by atoms with E-state index in [1.165, 1.54) is 36.5 Å². The van der Waals surface area contributed by atoms with Gasteiger partial charge in [0.2, 0.25) is 5.88 Å². The highest BCUT2D eigenvalue weighted by Crippen LogP contribution is 2.23. The first-order valence-corrected chi connectivity index (χ1v) is 7.70. The number of nitrogens with zero attached hydrogens (tertiary/aromatic N) is 1. The van der Waals surface area contributed by atoms with Crippen molar-refractivity contribution in [1.82, 2.24) is 4.98 Å². The average molecular weight is 307 g/mol. The Labute approximate surface area is 121 Å². The smallest absolute Gasteiger partial charge is 0.251 e. The van der Waals surface area contributed by atoms with Crippen LogP contribution in [0.1, 0.15) is 10.4 Å². The highest BCUT2D eigenvalue weighted by Gasteiger charge is 2.10. The van der Waals surface area contributed by atoms with Gasteiger partial charge in [-0.15, -0.1) is 0 Å². The third-order valence-electron chi connectivity index (χ3n) is 2.65. The van der Waals surface area contributed by atoms with E-state index in [1.54, 1.807) is 0 Å². The Morgan fingerprint density at radius 2 is 1.86 bits per heavy atom. The van der Waals surface area contributed by atoms with Gasteiger partial charge in [0.05, 0.1) is 22.3 Å². The minimum Gasteiger partial charge on any atom is -0.439 e. The molecule has 1 aromatic heterocycles. The summed E-state index contributed by atoms with van der Waals surface area (Å²) in [7, 11) is -3.26. The number of rotatable bonds is 4. The fourth-order valence-corrected chi connectivity index (χ4v) is 2.22. The maximum atomic E-state index is 11.3. The van der Waals surface area contributed by atoms with Crippen LogP contribution in [0.25, 0.3) is 0 Å². The Hall–Kier alpha value is -2.61. The Bertz CT molecular complexity index is 786. The normalized spacial score (nSPS) is 11.1. The zero-order chi connectivity index (χ0) is 15.6. The fourth-order valence-electron chi connectivity index (χ4n) is 1.59. The predicted molar refractivity (Wildman–Crippen MR) is 76.8 cm³/mol. The van der Waals surface area contributed by atoms with Crippen LogP contribution in [0.4, 0.5) is 5.69 Å². The van der Waals surface area contributed by atoms with Gasteiger partial charge in [0, 0.05) is 12.3 Å². The standard InChI is InChI=1S/C13H13N3O4S/c1-21(18,19)9-4-2-8(3-5-9)20-12-6-10(13(15)17)11(14)7-16-12/h2-7H,14H2,1H3,(H2,15,17). The number of pyridine rings is 1. The second-order valence-corrected chi connectivity index (χ2v) is 6.34. The summed E-state index contributed by atoms with van der Waals surface area (Å²) >= 11 is 0. The van der Waals surface area contributed by atoms with Gasteiger partial charge in [-0.05, 0) is 24.3 Å². The number of sulfone groups is 1. The van der Waals surface area contributed by atoms with Gasteiger partial charge >= 0.3 is 0 Å². The lowest BCUT2D eigenvalue weighted by Crippen LogP contribution is -2.13. The number of benzene rings is 1. The third kappa shape index (κ3) is 3.48. The molecule has 0 fully saturated rings. The number of anilines is 1. The van der Waals surface area contributed by atoms with Crippen LogP contribution < -0.4 is 16.2 Å². The second-order valence-electron chi connectivity index (χ2n) is 4.32. The lowest BCUT2D eigenvalue weighted by molar-refractivity contribution is 0.100. The van der Waals surface area contributed by atoms with Gasteiger partial charge in [-0.25, -0.2) is 13.4 Å². The first kappa shape index (κ1) is 14.8. The van der Waals surface area contributed by atoms with Crippen molar-refractivity contribution in [2.45, 2.75) is 4.90 Å². The summed E-state index contributed by atoms with van der Waals surface area (Å²) in [4.78, 5) is 15.3. The van der Waals surface area contributed by atoms with Crippen LogP contribution in [0.5, 0.6) is 11.6 Å². The van der Waals surface area contributed by atoms with Gasteiger partial charge < -0.3 is 16.2 Å². The summed E-state index contributed by atoms with van der Waals surface area (Å²) in [6.45, 7) is 0. The summed E-state index contributed by atoms with van der Waals surface area (Å²) in [6.07, 6.45) is 2.38. The summed E-state index contributed by atoms with van der Waals surface area (Å²) in [5.41, 5.74) is 11.0. The molecule has 0 saturated heterocycles. The molecule has 0 unspecified atom stereocenters. The second kappa shape index (κ2) is 5.41. The Morgan fingerprint density at radius 1 is 1.24 bits per heavy atom. The lowest BCUT2D eigenvalue weighted by Gasteiger charge is -2.07. The number of primary amides is 1. The maximum absolute atomic E-state index is 11.3. The molecule has 2 rings (SSSR count). The molecule has 0 aliphatic carbocycles. The highest BCUT2D eigenvalue weighted by atomic mass is 32.2. The van der Waals surface area contributed by atoms with E-state index in [2.05, 4.69) is 4.98 Å². The number of amides is 1. The average Bonchev–Trinajstić information content (AvgIpc) is 2.40. The molecule has 0 spiro atoms. The van der Waals surface area contributed by atoms with Gasteiger partial charge in [-0.3, -0.25) is 4.79 Å². The van der Waals surface area contributed by atoms with Gasteiger partial charge in [0.25, 0.3) is 5.91 Å². The molecule has 8 heteroatoms. The molecule has 4 N–H and O–H groups in total. The first-order chi connectivity index (χ1) is 9.77. The van der Waals surface area contributed by atoms with E-state index in [9.17, 15) is 13.2 Å². The van der Waals surface area contributed by atoms with E-state index < -0.39 is 15.7 Å². The van der Waals surface area contributed by atoms with E-state index in [0.29, 0.717) is 5.75 Å². The summed E-state index contributed by atoms with van der Waals surface area (Å²) in [6, 6.07) is 7.12. The van der Waals surface area contributed by atoms with Crippen molar-refractivity contribution in [2.24, 2.45) is 5.73 Å². The molecule has 1 heterocycles. The maximum Gasteiger partial charge on any atom is 0.251 e. The van der Waals surface area contributed by atoms with Crippen molar-refractivity contribution in [3.05, 3.63) is 42.1 Å². The van der Waals surface area contributed by atoms with E-state index in [1.807, 2.05) is 0 Å². The molecule has 0 radical (unpaired) electrons. The van der Waals surface area contributed by atoms with E-state index >= 15 is 0 Å². The monoisotopic (exact) mass is 307 g/mol. The quantitative estimate of drug-likeness (QED) is 0.866. The fraction of sp³-hybridized carbons (Fsp3) is 0.0769. The number of hydrogen-bond donors (Lipinski definition) is 2. The highest BCUT2D eigenvalue weighted by molar-refractivity contribution is 7.90. The molecule has 0 atom stereocenters. The molecule has 0 bridgehead atoms. The van der Waals surface area contributed by atoms with Gasteiger partial charge in [0.15, 0.2) is 9.84 Å². The summed E-state index contributed by atoms with van der Waals surface area (Å²) in [5.74, 6) is -0.188. The number of carbonyl (C=O) groups is 1. The van der Waals surface area contributed by atoms with Crippen molar-refractivity contribution in [2.75, 3.05) is 12.0 Å². The van der Waals surface area contributed by atoms with Crippen molar-refractivity contribution < 1.29 is 17.9 Å². The molecular formula is C13H13N3O4S. The zero-order valence-electron chi connectivity index (χ0n) is 11.1. The van der Waals surface area contributed by atoms with Crippen LogP contribution in [-0.4, -0.2) is 25.6 Å². The minimum absolute atomic E-state index is 0.104. The van der Waals surface area contributed by atoms with Crippen LogP contribution in [-0.2, 0) is 9.84 Å². The lowest BCUT2D eigenvalue weighted by atomic mass is 10.2. The van der Waals surface area contributed by atoms with E-state index in [-0.39, 0.29) is 22.0 Å². The van der Waals surface area contributed by atoms with Crippen LogP contribution in [0.3, 0.4) is 0 Å². The van der Waals surface area contributed by atoms with Gasteiger partial charge in [0.1, 0.15) is 5.75 Å². The molecule has 1 aromatic carbocycles. The minimum atomic E-state index is -3.26. The van der Waals surface area contributed by atoms with Crippen LogP contribution >= 0.6 is 0 Å². The summed E-state index contributed by atoms with van der Waals surface area (Å²) < 4.78 is 28.1. The SMILES string of the molecule is CS(=O)(=O)c1ccc(Oc2cc(C(N)=O)c(N)cn2)cc1. The Balaban J connectivity index is 2.26. The predicted octanol–water partition coefficient (Wildman–Crippen LogP) is 0.959. The molecule has 2 aromatic rings. The molecule has 0 aliphatic heterocycles. The third-order valence-corrected chi connectivity index (χ3v) is 3.78. The number of carbonyl (C=O) groups excluding carboxylic acids is 1. The Kier molecular flexibility index (Phi) is 3.81. The molecule has 110 valence electrons. The van der Waals surface area contributed by atoms with Crippen molar-refractivity contribution >= 4 is 21.4 Å². The van der Waals surface area contributed by atoms with Crippen molar-refractivity contribution in [3.63, 3.8) is 0 Å². The number of hydrogen-bond acceptors (Lipinski definition) is 6. The van der Waals surface area contributed by atoms with E-state index in [4.69, 9.17) is 16.2 Å². The number of aromatic nitrogens is 1. The largest absolute Gasteiger partial charge is 0.439 e. The summed E-state index contributed by atoms with van der Waals surface area (Å²) in [5, 5.41) is 0. The molecule has 0 saturated carbocycles. The topological polar surface area (TPSA) is 125 Å². The van der Waals surface area contributed by atoms with Crippen LogP contribution in [0.15, 0.2) is 41.4 Å². The molecular weight excluding hydrogens is 294 g/mol. The van der Waals surface area contributed by atoms with Crippen LogP contribution in [0, 0.1) is 0 Å². The number of ether oxygens (including phenoxy) is 1. The van der Waals surface area contributed by atoms with E-state index in [0.717, 1.165) is 6.26 Å². The van der Waals surface area contributed by atoms with Gasteiger partial charge in [-0.1, -0.05) is 0 Å². The number of nitrogens with two attached hydrogens (primary N) is 2. The van der Waals surface area contributed by atoms with Crippen LogP contribution in [0.2, 0.25) is 0 Å². The molecule has 7 nitrogen and oxygen atoms in total. The molecule has 21 heavy (non-hydrogen) atoms. The Morgan fingerprint density at radius 3 is 2.38 bits per heavy atom. The number of nitrogen functional groups attached to an aromatic ring is 1. The molecule has 0 aliphatic rings. The van der Waals surface area contributed by atoms with Gasteiger partial charge in [-0.2, -0.15) is 0 Å². The first-order valence-electron chi connectivity index (χ1n) is 5.80. The van der Waals surface area contributed by atoms with Crippen molar-refractivity contribution in [1.29, 1.82) is 0 Å².